The second-order valence-corrected chi connectivity index (χ2v) is 8.41. The number of rotatable bonds is 4. The number of halogens is 1. The number of hydrogen-bond acceptors (Lipinski definition) is 2. The molecule has 1 fully saturated rings. The van der Waals surface area contributed by atoms with Crippen LogP contribution in [0, 0.1) is 0 Å². The predicted molar refractivity (Wildman–Crippen MR) is 112 cm³/mol. The van der Waals surface area contributed by atoms with E-state index in [1.807, 2.05) is 12.1 Å². The topological polar surface area (TPSA) is 43.0 Å². The fourth-order valence-corrected chi connectivity index (χ4v) is 5.46. The molecule has 3 nitrogen and oxygen atoms in total. The van der Waals surface area contributed by atoms with Crippen molar-refractivity contribution in [2.75, 3.05) is 13.1 Å². The molecule has 140 valence electrons. The second kappa shape index (κ2) is 6.66. The summed E-state index contributed by atoms with van der Waals surface area (Å²) in [4.78, 5) is 0. The third-order valence-electron chi connectivity index (χ3n) is 6.69. The number of nitrogens with one attached hydrogen (secondary N) is 1. The molecule has 4 heteroatoms. The molecule has 2 aliphatic rings. The summed E-state index contributed by atoms with van der Waals surface area (Å²) >= 11 is 6.18. The monoisotopic (exact) mass is 379 g/mol. The van der Waals surface area contributed by atoms with E-state index in [0.717, 1.165) is 24.5 Å². The van der Waals surface area contributed by atoms with Gasteiger partial charge in [-0.05, 0) is 55.1 Å². The van der Waals surface area contributed by atoms with E-state index in [-0.39, 0.29) is 5.41 Å². The Morgan fingerprint density at radius 1 is 1.11 bits per heavy atom. The number of nitrogens with zero attached hydrogens (tertiary/aromatic N) is 1. The molecule has 0 radical (unpaired) electrons. The lowest BCUT2D eigenvalue weighted by atomic mass is 9.58. The minimum Gasteiger partial charge on any atom is -0.342 e. The van der Waals surface area contributed by atoms with Crippen molar-refractivity contribution in [2.24, 2.45) is 5.73 Å². The Morgan fingerprint density at radius 2 is 1.89 bits per heavy atom. The standard InChI is InChI=1S/C23H26ClN3/c24-17-8-6-16(7-9-17)23(11-3-12-23)22-21-19(10-14-26-22)18-4-1-2-5-20(18)27(21)15-13-25/h1-2,4-9,22,26H,3,10-15,25H2. The van der Waals surface area contributed by atoms with Gasteiger partial charge >= 0.3 is 0 Å². The van der Waals surface area contributed by atoms with Gasteiger partial charge in [0.05, 0.1) is 6.04 Å². The number of fused-ring (bicyclic) bond motifs is 3. The summed E-state index contributed by atoms with van der Waals surface area (Å²) in [5, 5.41) is 6.11. The van der Waals surface area contributed by atoms with Crippen molar-refractivity contribution < 1.29 is 0 Å². The van der Waals surface area contributed by atoms with Gasteiger partial charge < -0.3 is 15.6 Å². The summed E-state index contributed by atoms with van der Waals surface area (Å²) < 4.78 is 2.48. The van der Waals surface area contributed by atoms with Gasteiger partial charge in [-0.15, -0.1) is 0 Å². The van der Waals surface area contributed by atoms with E-state index >= 15 is 0 Å². The van der Waals surface area contributed by atoms with Crippen molar-refractivity contribution >= 4 is 22.5 Å². The molecule has 1 aromatic heterocycles. The van der Waals surface area contributed by atoms with Gasteiger partial charge in [-0.2, -0.15) is 0 Å². The average Bonchev–Trinajstić information content (AvgIpc) is 2.98. The van der Waals surface area contributed by atoms with Gasteiger partial charge in [0.1, 0.15) is 0 Å². The number of aromatic nitrogens is 1. The van der Waals surface area contributed by atoms with Crippen LogP contribution < -0.4 is 11.1 Å². The van der Waals surface area contributed by atoms with Crippen molar-refractivity contribution in [3.05, 3.63) is 70.4 Å². The van der Waals surface area contributed by atoms with Crippen LogP contribution in [0.25, 0.3) is 10.9 Å². The maximum atomic E-state index is 6.18. The number of para-hydroxylation sites is 1. The summed E-state index contributed by atoms with van der Waals surface area (Å²) in [6, 6.07) is 17.7. The Bertz CT molecular complexity index is 969. The van der Waals surface area contributed by atoms with E-state index in [4.69, 9.17) is 17.3 Å². The summed E-state index contributed by atoms with van der Waals surface area (Å²) in [6.45, 7) is 2.56. The molecule has 2 aromatic carbocycles. The molecule has 27 heavy (non-hydrogen) atoms. The number of hydrogen-bond donors (Lipinski definition) is 2. The normalized spacial score (nSPS) is 21.0. The van der Waals surface area contributed by atoms with Crippen LogP contribution in [0.4, 0.5) is 0 Å². The molecule has 0 spiro atoms. The van der Waals surface area contributed by atoms with Crippen LogP contribution >= 0.6 is 11.6 Å². The number of benzene rings is 2. The minimum atomic E-state index is 0.153. The average molecular weight is 380 g/mol. The SMILES string of the molecule is NCCn1c2c(c3ccccc31)CCNC2C1(c2ccc(Cl)cc2)CCC1. The maximum absolute atomic E-state index is 6.18. The van der Waals surface area contributed by atoms with E-state index < -0.39 is 0 Å². The first-order valence-corrected chi connectivity index (χ1v) is 10.4. The van der Waals surface area contributed by atoms with Crippen LogP contribution in [0.2, 0.25) is 5.02 Å². The zero-order chi connectivity index (χ0) is 18.4. The molecule has 0 amide bonds. The van der Waals surface area contributed by atoms with E-state index in [1.165, 1.54) is 47.0 Å². The first-order chi connectivity index (χ1) is 13.2. The summed E-state index contributed by atoms with van der Waals surface area (Å²) in [6.07, 6.45) is 4.81. The van der Waals surface area contributed by atoms with Crippen molar-refractivity contribution in [1.82, 2.24) is 9.88 Å². The van der Waals surface area contributed by atoms with Gasteiger partial charge in [0.2, 0.25) is 0 Å². The van der Waals surface area contributed by atoms with Crippen molar-refractivity contribution in [3.63, 3.8) is 0 Å². The van der Waals surface area contributed by atoms with Crippen LogP contribution in [0.1, 0.15) is 42.1 Å². The third kappa shape index (κ3) is 2.56. The van der Waals surface area contributed by atoms with E-state index in [9.17, 15) is 0 Å². The molecular weight excluding hydrogens is 354 g/mol. The highest BCUT2D eigenvalue weighted by Gasteiger charge is 2.48. The molecule has 3 aromatic rings. The number of nitrogens with two attached hydrogens (primary N) is 1. The lowest BCUT2D eigenvalue weighted by molar-refractivity contribution is 0.159. The van der Waals surface area contributed by atoms with Gasteiger partial charge in [-0.25, -0.2) is 0 Å². The van der Waals surface area contributed by atoms with Crippen molar-refractivity contribution in [2.45, 2.75) is 43.7 Å². The highest BCUT2D eigenvalue weighted by Crippen LogP contribution is 2.54. The Hall–Kier alpha value is -1.81. The molecule has 1 aliphatic heterocycles. The zero-order valence-electron chi connectivity index (χ0n) is 15.5. The van der Waals surface area contributed by atoms with Crippen LogP contribution in [-0.2, 0) is 18.4 Å². The molecule has 3 N–H and O–H groups in total. The summed E-state index contributed by atoms with van der Waals surface area (Å²) in [5.74, 6) is 0. The smallest absolute Gasteiger partial charge is 0.0576 e. The van der Waals surface area contributed by atoms with Crippen molar-refractivity contribution in [1.29, 1.82) is 0 Å². The summed E-state index contributed by atoms with van der Waals surface area (Å²) in [7, 11) is 0. The van der Waals surface area contributed by atoms with E-state index in [1.54, 1.807) is 0 Å². The first-order valence-electron chi connectivity index (χ1n) is 10.0. The molecule has 1 saturated carbocycles. The van der Waals surface area contributed by atoms with Crippen LogP contribution in [0.5, 0.6) is 0 Å². The minimum absolute atomic E-state index is 0.153. The third-order valence-corrected chi connectivity index (χ3v) is 6.94. The van der Waals surface area contributed by atoms with Crippen molar-refractivity contribution in [3.8, 4) is 0 Å². The molecule has 0 bridgehead atoms. The van der Waals surface area contributed by atoms with Crippen LogP contribution in [0.3, 0.4) is 0 Å². The van der Waals surface area contributed by atoms with E-state index in [0.29, 0.717) is 12.6 Å². The Morgan fingerprint density at radius 3 is 2.59 bits per heavy atom. The fraction of sp³-hybridized carbons (Fsp3) is 0.391. The molecule has 1 aliphatic carbocycles. The molecular formula is C23H26ClN3. The van der Waals surface area contributed by atoms with Crippen LogP contribution in [0.15, 0.2) is 48.5 Å². The maximum Gasteiger partial charge on any atom is 0.0576 e. The quantitative estimate of drug-likeness (QED) is 0.697. The highest BCUT2D eigenvalue weighted by atomic mass is 35.5. The van der Waals surface area contributed by atoms with Gasteiger partial charge in [0, 0.05) is 40.1 Å². The van der Waals surface area contributed by atoms with Gasteiger partial charge in [-0.1, -0.05) is 48.4 Å². The molecule has 2 heterocycles. The van der Waals surface area contributed by atoms with Gasteiger partial charge in [0.25, 0.3) is 0 Å². The molecule has 1 atom stereocenters. The predicted octanol–water partition coefficient (Wildman–Crippen LogP) is 4.56. The first kappa shape index (κ1) is 17.3. The van der Waals surface area contributed by atoms with Gasteiger partial charge in [-0.3, -0.25) is 0 Å². The molecule has 1 unspecified atom stereocenters. The Balaban J connectivity index is 1.71. The second-order valence-electron chi connectivity index (χ2n) is 7.97. The van der Waals surface area contributed by atoms with E-state index in [2.05, 4.69) is 46.3 Å². The largest absolute Gasteiger partial charge is 0.342 e. The molecule has 0 saturated heterocycles. The lowest BCUT2D eigenvalue weighted by Crippen LogP contribution is -2.50. The fourth-order valence-electron chi connectivity index (χ4n) is 5.34. The zero-order valence-corrected chi connectivity index (χ0v) is 16.3. The highest BCUT2D eigenvalue weighted by molar-refractivity contribution is 6.30. The lowest BCUT2D eigenvalue weighted by Gasteiger charge is -2.50. The Kier molecular flexibility index (Phi) is 4.27. The van der Waals surface area contributed by atoms with Gasteiger partial charge in [0.15, 0.2) is 0 Å². The van der Waals surface area contributed by atoms with Crippen LogP contribution in [-0.4, -0.2) is 17.7 Å². The molecule has 5 rings (SSSR count). The summed E-state index contributed by atoms with van der Waals surface area (Å²) in [5.41, 5.74) is 11.9. The Labute approximate surface area is 165 Å².